The fraction of sp³-hybridized carbons (Fsp3) is 0.294. The monoisotopic (exact) mass is 271 g/mol. The molecule has 1 nitrogen and oxygen atoms in total. The third-order valence-corrected chi connectivity index (χ3v) is 5.79. The Morgan fingerprint density at radius 1 is 0.789 bits per heavy atom. The molecule has 2 rings (SSSR count). The number of benzene rings is 2. The summed E-state index contributed by atoms with van der Waals surface area (Å²) in [6, 6.07) is 18.0. The molecule has 1 N–H and O–H groups in total. The number of rotatable bonds is 5. The van der Waals surface area contributed by atoms with Crippen LogP contribution >= 0.6 is 7.92 Å². The van der Waals surface area contributed by atoms with Gasteiger partial charge in [0.25, 0.3) is 0 Å². The number of aryl methyl sites for hydroxylation is 2. The predicted molar refractivity (Wildman–Crippen MR) is 87.3 cm³/mol. The molecule has 0 aliphatic carbocycles. The normalized spacial score (nSPS) is 10.9. The van der Waals surface area contributed by atoms with E-state index in [0.717, 1.165) is 6.54 Å². The molecule has 0 amide bonds. The summed E-state index contributed by atoms with van der Waals surface area (Å²) in [7, 11) is 1.78. The van der Waals surface area contributed by atoms with Crippen LogP contribution in [0, 0.1) is 13.8 Å². The second-order valence-corrected chi connectivity index (χ2v) is 7.26. The van der Waals surface area contributed by atoms with Gasteiger partial charge in [-0.05, 0) is 52.1 Å². The lowest BCUT2D eigenvalue weighted by molar-refractivity contribution is 0.870. The molecule has 100 valence electrons. The van der Waals surface area contributed by atoms with Crippen LogP contribution in [0.25, 0.3) is 0 Å². The van der Waals surface area contributed by atoms with Crippen molar-refractivity contribution < 1.29 is 0 Å². The van der Waals surface area contributed by atoms with Gasteiger partial charge in [0.1, 0.15) is 0 Å². The van der Waals surface area contributed by atoms with Crippen LogP contribution in [0.15, 0.2) is 48.5 Å². The minimum absolute atomic E-state index is 0.244. The fourth-order valence-corrected chi connectivity index (χ4v) is 4.36. The van der Waals surface area contributed by atoms with Gasteiger partial charge in [0, 0.05) is 0 Å². The topological polar surface area (TPSA) is 12.0 Å². The van der Waals surface area contributed by atoms with Gasteiger partial charge in [0.2, 0.25) is 0 Å². The van der Waals surface area contributed by atoms with Gasteiger partial charge >= 0.3 is 0 Å². The summed E-state index contributed by atoms with van der Waals surface area (Å²) in [5.74, 6) is 0. The van der Waals surface area contributed by atoms with E-state index in [4.69, 9.17) is 0 Å². The van der Waals surface area contributed by atoms with Crippen LogP contribution in [-0.4, -0.2) is 19.8 Å². The Hall–Kier alpha value is -1.17. The van der Waals surface area contributed by atoms with E-state index in [2.05, 4.69) is 67.7 Å². The molecule has 0 heterocycles. The molecule has 0 fully saturated rings. The van der Waals surface area contributed by atoms with Gasteiger partial charge in [-0.1, -0.05) is 59.7 Å². The average molecular weight is 271 g/mol. The number of hydrogen-bond donors (Lipinski definition) is 1. The summed E-state index contributed by atoms with van der Waals surface area (Å²) in [6.07, 6.45) is 1.19. The molecule has 0 saturated carbocycles. The molecule has 0 spiro atoms. The molecule has 0 atom stereocenters. The summed E-state index contributed by atoms with van der Waals surface area (Å²) in [5, 5.41) is 6.22. The molecule has 2 heteroatoms. The number of nitrogens with one attached hydrogen (secondary N) is 1. The van der Waals surface area contributed by atoms with Gasteiger partial charge in [-0.25, -0.2) is 0 Å². The predicted octanol–water partition coefficient (Wildman–Crippen LogP) is 2.96. The molecule has 0 aromatic heterocycles. The SMILES string of the molecule is CNCCP(c1ccc(C)cc1)c1ccc(C)cc1. The minimum Gasteiger partial charge on any atom is -0.319 e. The van der Waals surface area contributed by atoms with Crippen molar-refractivity contribution in [1.82, 2.24) is 5.32 Å². The quantitative estimate of drug-likeness (QED) is 0.824. The first-order valence-electron chi connectivity index (χ1n) is 6.76. The second-order valence-electron chi connectivity index (χ2n) is 4.93. The Kier molecular flexibility index (Phi) is 5.13. The molecule has 0 aliphatic heterocycles. The zero-order valence-electron chi connectivity index (χ0n) is 12.0. The van der Waals surface area contributed by atoms with Crippen LogP contribution < -0.4 is 15.9 Å². The van der Waals surface area contributed by atoms with Gasteiger partial charge in [0.05, 0.1) is 0 Å². The summed E-state index contributed by atoms with van der Waals surface area (Å²) in [4.78, 5) is 0. The first-order valence-corrected chi connectivity index (χ1v) is 8.29. The third-order valence-electron chi connectivity index (χ3n) is 3.28. The van der Waals surface area contributed by atoms with E-state index >= 15 is 0 Å². The molecule has 0 aliphatic rings. The molecular formula is C17H22NP. The highest BCUT2D eigenvalue weighted by Gasteiger charge is 2.12. The van der Waals surface area contributed by atoms with E-state index in [9.17, 15) is 0 Å². The second kappa shape index (κ2) is 6.84. The van der Waals surface area contributed by atoms with E-state index in [-0.39, 0.29) is 7.92 Å². The molecule has 0 saturated heterocycles. The first kappa shape index (κ1) is 14.2. The highest BCUT2D eigenvalue weighted by atomic mass is 31.1. The van der Waals surface area contributed by atoms with Crippen LogP contribution in [0.1, 0.15) is 11.1 Å². The smallest absolute Gasteiger partial charge is 0.000647 e. The van der Waals surface area contributed by atoms with Gasteiger partial charge in [-0.15, -0.1) is 0 Å². The maximum atomic E-state index is 3.28. The van der Waals surface area contributed by atoms with Crippen molar-refractivity contribution >= 4 is 18.5 Å². The standard InChI is InChI=1S/C17H22NP/c1-14-4-8-16(9-5-14)19(13-12-18-3)17-10-6-15(2)7-11-17/h4-11,18H,12-13H2,1-3H3. The zero-order chi connectivity index (χ0) is 13.7. The lowest BCUT2D eigenvalue weighted by Gasteiger charge is -2.19. The van der Waals surface area contributed by atoms with Crippen molar-refractivity contribution in [2.24, 2.45) is 0 Å². The van der Waals surface area contributed by atoms with Crippen LogP contribution in [0.2, 0.25) is 0 Å². The maximum Gasteiger partial charge on any atom is -0.000647 e. The van der Waals surface area contributed by atoms with Crippen molar-refractivity contribution in [3.05, 3.63) is 59.7 Å². The minimum atomic E-state index is -0.244. The Bertz CT molecular complexity index is 456. The van der Waals surface area contributed by atoms with Gasteiger partial charge in [0.15, 0.2) is 0 Å². The Morgan fingerprint density at radius 3 is 1.58 bits per heavy atom. The fourth-order valence-electron chi connectivity index (χ4n) is 2.08. The molecule has 2 aromatic rings. The summed E-state index contributed by atoms with van der Waals surface area (Å²) < 4.78 is 0. The van der Waals surface area contributed by atoms with Crippen molar-refractivity contribution in [2.45, 2.75) is 13.8 Å². The third kappa shape index (κ3) is 3.89. The van der Waals surface area contributed by atoms with Gasteiger partial charge < -0.3 is 5.32 Å². The van der Waals surface area contributed by atoms with E-state index < -0.39 is 0 Å². The Labute approximate surface area is 117 Å². The molecule has 19 heavy (non-hydrogen) atoms. The largest absolute Gasteiger partial charge is 0.319 e. The van der Waals surface area contributed by atoms with Crippen LogP contribution in [0.4, 0.5) is 0 Å². The highest BCUT2D eigenvalue weighted by molar-refractivity contribution is 7.73. The average Bonchev–Trinajstić information content (AvgIpc) is 2.43. The molecule has 0 unspecified atom stereocenters. The van der Waals surface area contributed by atoms with Crippen molar-refractivity contribution in [3.8, 4) is 0 Å². The molecule has 0 radical (unpaired) electrons. The van der Waals surface area contributed by atoms with Gasteiger partial charge in [-0.2, -0.15) is 0 Å². The maximum absolute atomic E-state index is 3.28. The lowest BCUT2D eigenvalue weighted by atomic mass is 10.2. The molecule has 2 aromatic carbocycles. The van der Waals surface area contributed by atoms with Crippen LogP contribution in [0.5, 0.6) is 0 Å². The molecular weight excluding hydrogens is 249 g/mol. The lowest BCUT2D eigenvalue weighted by Crippen LogP contribution is -2.20. The van der Waals surface area contributed by atoms with E-state index in [0.29, 0.717) is 0 Å². The zero-order valence-corrected chi connectivity index (χ0v) is 12.9. The van der Waals surface area contributed by atoms with Crippen LogP contribution in [0.3, 0.4) is 0 Å². The Balaban J connectivity index is 2.29. The Morgan fingerprint density at radius 2 is 1.21 bits per heavy atom. The van der Waals surface area contributed by atoms with Crippen molar-refractivity contribution in [3.63, 3.8) is 0 Å². The van der Waals surface area contributed by atoms with Crippen LogP contribution in [-0.2, 0) is 0 Å². The van der Waals surface area contributed by atoms with Crippen molar-refractivity contribution in [1.29, 1.82) is 0 Å². The highest BCUT2D eigenvalue weighted by Crippen LogP contribution is 2.32. The van der Waals surface area contributed by atoms with E-state index in [1.54, 1.807) is 0 Å². The van der Waals surface area contributed by atoms with Gasteiger partial charge in [-0.3, -0.25) is 0 Å². The van der Waals surface area contributed by atoms with Crippen molar-refractivity contribution in [2.75, 3.05) is 19.8 Å². The summed E-state index contributed by atoms with van der Waals surface area (Å²) in [6.45, 7) is 5.35. The molecule has 0 bridgehead atoms. The first-order chi connectivity index (χ1) is 9.20. The summed E-state index contributed by atoms with van der Waals surface area (Å²) >= 11 is 0. The number of hydrogen-bond acceptors (Lipinski definition) is 1. The van der Waals surface area contributed by atoms with E-state index in [1.165, 1.54) is 27.9 Å². The van der Waals surface area contributed by atoms with E-state index in [1.807, 2.05) is 7.05 Å². The summed E-state index contributed by atoms with van der Waals surface area (Å²) in [5.41, 5.74) is 2.66.